The summed E-state index contributed by atoms with van der Waals surface area (Å²) in [6, 6.07) is 14.1. The maximum atomic E-state index is 14.2. The Bertz CT molecular complexity index is 1680. The van der Waals surface area contributed by atoms with Crippen molar-refractivity contribution < 1.29 is 49.9 Å². The van der Waals surface area contributed by atoms with Gasteiger partial charge in [-0.1, -0.05) is 41.6 Å². The summed E-state index contributed by atoms with van der Waals surface area (Å²) in [5, 5.41) is 3.44. The van der Waals surface area contributed by atoms with Crippen molar-refractivity contribution in [3.8, 4) is 33.9 Å². The molecule has 0 radical (unpaired) electrons. The number of benzene rings is 3. The molecule has 43 heavy (non-hydrogen) atoms. The Morgan fingerprint density at radius 1 is 0.930 bits per heavy atom. The highest BCUT2D eigenvalue weighted by Gasteiger charge is 2.39. The van der Waals surface area contributed by atoms with Crippen molar-refractivity contribution in [1.82, 2.24) is 5.16 Å². The third-order valence-corrected chi connectivity index (χ3v) is 7.70. The molecule has 6 nitrogen and oxygen atoms in total. The van der Waals surface area contributed by atoms with Gasteiger partial charge in [0.1, 0.15) is 23.3 Å². The van der Waals surface area contributed by atoms with Crippen LogP contribution in [0.4, 0.5) is 26.3 Å². The molecule has 0 saturated heterocycles. The molecule has 2 heterocycles. The highest BCUT2D eigenvalue weighted by Crippen LogP contribution is 2.47. The zero-order valence-electron chi connectivity index (χ0n) is 22.5. The summed E-state index contributed by atoms with van der Waals surface area (Å²) >= 11 is 0. The number of carbonyl (C=O) groups excluding carboxylic acids is 1. The van der Waals surface area contributed by atoms with Gasteiger partial charge in [-0.25, -0.2) is 0 Å². The standard InChI is InChI=1S/C31H23F6NO5/c1-40-28(39)12-18-15-41-26-13-19(6-7-20(18)26)42-25-11-9-22-21(25)8-10-23(30(32,33)34)29(22)17-4-2-16(3-5-17)24-14-27(43-38-24)31(35,36)37/h2-8,10,13-14,18,25H,9,11-12,15H2,1H3/t18-,25-/m1/s1. The Morgan fingerprint density at radius 2 is 1.65 bits per heavy atom. The number of aromatic nitrogens is 1. The Hall–Kier alpha value is -4.48. The lowest BCUT2D eigenvalue weighted by Crippen LogP contribution is -2.10. The molecular formula is C31H23F6NO5. The van der Waals surface area contributed by atoms with Crippen molar-refractivity contribution >= 4 is 5.97 Å². The van der Waals surface area contributed by atoms with Gasteiger partial charge in [0.2, 0.25) is 5.76 Å². The fraction of sp³-hybridized carbons (Fsp3) is 0.290. The van der Waals surface area contributed by atoms with Gasteiger partial charge in [0.05, 0.1) is 25.7 Å². The molecule has 1 aliphatic heterocycles. The number of halogens is 6. The number of fused-ring (bicyclic) bond motifs is 2. The summed E-state index contributed by atoms with van der Waals surface area (Å²) in [4.78, 5) is 11.7. The lowest BCUT2D eigenvalue weighted by Gasteiger charge is -2.20. The second-order valence-corrected chi connectivity index (χ2v) is 10.3. The summed E-state index contributed by atoms with van der Waals surface area (Å²) in [5.41, 5.74) is 1.58. The predicted molar refractivity (Wildman–Crippen MR) is 140 cm³/mol. The van der Waals surface area contributed by atoms with E-state index in [4.69, 9.17) is 14.2 Å². The highest BCUT2D eigenvalue weighted by atomic mass is 19.4. The van der Waals surface area contributed by atoms with Gasteiger partial charge in [-0.3, -0.25) is 4.79 Å². The maximum absolute atomic E-state index is 14.2. The van der Waals surface area contributed by atoms with E-state index in [1.807, 2.05) is 6.07 Å². The summed E-state index contributed by atoms with van der Waals surface area (Å²) in [7, 11) is 1.32. The minimum atomic E-state index is -4.71. The normalized spacial score (nSPS) is 17.7. The van der Waals surface area contributed by atoms with Gasteiger partial charge in [-0.15, -0.1) is 0 Å². The third kappa shape index (κ3) is 5.53. The van der Waals surface area contributed by atoms with Crippen LogP contribution in [0.25, 0.3) is 22.4 Å². The molecule has 6 rings (SSSR count). The average molecular weight is 604 g/mol. The lowest BCUT2D eigenvalue weighted by atomic mass is 9.90. The van der Waals surface area contributed by atoms with Gasteiger partial charge in [0.15, 0.2) is 0 Å². The SMILES string of the molecule is COC(=O)C[C@@H]1COc2cc(O[C@@H]3CCc4c3ccc(C(F)(F)F)c4-c3ccc(-c4cc(C(F)(F)F)on4)cc3)ccc21. The minimum absolute atomic E-state index is 0.00159. The monoisotopic (exact) mass is 603 g/mol. The minimum Gasteiger partial charge on any atom is -0.492 e. The van der Waals surface area contributed by atoms with E-state index in [0.29, 0.717) is 42.1 Å². The lowest BCUT2D eigenvalue weighted by molar-refractivity contribution is -0.155. The average Bonchev–Trinajstić information content (AvgIpc) is 3.71. The van der Waals surface area contributed by atoms with Crippen molar-refractivity contribution in [1.29, 1.82) is 0 Å². The molecule has 0 amide bonds. The van der Waals surface area contributed by atoms with Gasteiger partial charge < -0.3 is 18.7 Å². The molecule has 2 aliphatic rings. The maximum Gasteiger partial charge on any atom is 0.452 e. The summed E-state index contributed by atoms with van der Waals surface area (Å²) in [6.45, 7) is 0.322. The van der Waals surface area contributed by atoms with E-state index in [2.05, 4.69) is 9.68 Å². The first kappa shape index (κ1) is 28.6. The second kappa shape index (κ2) is 10.7. The fourth-order valence-corrected chi connectivity index (χ4v) is 5.65. The second-order valence-electron chi connectivity index (χ2n) is 10.3. The van der Waals surface area contributed by atoms with Crippen LogP contribution in [0.15, 0.2) is 65.2 Å². The van der Waals surface area contributed by atoms with E-state index < -0.39 is 29.8 Å². The molecule has 0 fully saturated rings. The molecule has 3 aromatic carbocycles. The number of rotatable bonds is 6. The van der Waals surface area contributed by atoms with E-state index in [1.54, 1.807) is 12.1 Å². The molecule has 0 saturated carbocycles. The number of alkyl halides is 6. The van der Waals surface area contributed by atoms with Crippen LogP contribution in [-0.4, -0.2) is 24.8 Å². The number of esters is 1. The molecule has 0 N–H and O–H groups in total. The van der Waals surface area contributed by atoms with Gasteiger partial charge in [0, 0.05) is 29.2 Å². The molecule has 0 bridgehead atoms. The van der Waals surface area contributed by atoms with Crippen molar-refractivity contribution in [2.24, 2.45) is 0 Å². The number of hydrogen-bond acceptors (Lipinski definition) is 6. The van der Waals surface area contributed by atoms with Crippen molar-refractivity contribution in [3.63, 3.8) is 0 Å². The van der Waals surface area contributed by atoms with Crippen molar-refractivity contribution in [2.75, 3.05) is 13.7 Å². The van der Waals surface area contributed by atoms with Crippen LogP contribution in [0.3, 0.4) is 0 Å². The molecule has 224 valence electrons. The number of hydrogen-bond donors (Lipinski definition) is 0. The number of carbonyl (C=O) groups is 1. The first-order valence-electron chi connectivity index (χ1n) is 13.3. The Morgan fingerprint density at radius 3 is 2.33 bits per heavy atom. The van der Waals surface area contributed by atoms with E-state index >= 15 is 0 Å². The summed E-state index contributed by atoms with van der Waals surface area (Å²) in [6.07, 6.45) is -8.94. The van der Waals surface area contributed by atoms with E-state index in [9.17, 15) is 31.1 Å². The molecule has 2 atom stereocenters. The molecule has 0 spiro atoms. The van der Waals surface area contributed by atoms with Gasteiger partial charge in [-0.2, -0.15) is 26.3 Å². The van der Waals surface area contributed by atoms with Crippen LogP contribution in [0.1, 0.15) is 52.9 Å². The predicted octanol–water partition coefficient (Wildman–Crippen LogP) is 8.15. The van der Waals surface area contributed by atoms with Crippen LogP contribution in [0.2, 0.25) is 0 Å². The molecule has 0 unspecified atom stereocenters. The molecule has 1 aromatic heterocycles. The molecule has 12 heteroatoms. The quantitative estimate of drug-likeness (QED) is 0.164. The van der Waals surface area contributed by atoms with Crippen LogP contribution in [0, 0.1) is 0 Å². The van der Waals surface area contributed by atoms with Crippen LogP contribution in [-0.2, 0) is 28.3 Å². The summed E-state index contributed by atoms with van der Waals surface area (Å²) in [5.74, 6) is -0.704. The van der Waals surface area contributed by atoms with Gasteiger partial charge in [0.25, 0.3) is 0 Å². The van der Waals surface area contributed by atoms with Crippen LogP contribution >= 0.6 is 0 Å². The molecule has 1 aliphatic carbocycles. The zero-order valence-corrected chi connectivity index (χ0v) is 22.5. The number of nitrogens with zero attached hydrogens (tertiary/aromatic N) is 1. The van der Waals surface area contributed by atoms with Gasteiger partial charge >= 0.3 is 18.3 Å². The van der Waals surface area contributed by atoms with Gasteiger partial charge in [-0.05, 0) is 47.2 Å². The zero-order chi connectivity index (χ0) is 30.5. The highest BCUT2D eigenvalue weighted by molar-refractivity contribution is 5.76. The number of methoxy groups -OCH3 is 1. The van der Waals surface area contributed by atoms with Crippen LogP contribution < -0.4 is 9.47 Å². The van der Waals surface area contributed by atoms with E-state index in [0.717, 1.165) is 17.7 Å². The van der Waals surface area contributed by atoms with Crippen LogP contribution in [0.5, 0.6) is 11.5 Å². The Labute approximate surface area is 241 Å². The fourth-order valence-electron chi connectivity index (χ4n) is 5.65. The smallest absolute Gasteiger partial charge is 0.452 e. The van der Waals surface area contributed by atoms with Crippen molar-refractivity contribution in [2.45, 2.75) is 43.6 Å². The first-order valence-corrected chi connectivity index (χ1v) is 13.3. The third-order valence-electron chi connectivity index (χ3n) is 7.70. The topological polar surface area (TPSA) is 70.8 Å². The Kier molecular flexibility index (Phi) is 7.10. The summed E-state index contributed by atoms with van der Waals surface area (Å²) < 4.78 is 102. The first-order chi connectivity index (χ1) is 20.4. The number of ether oxygens (including phenoxy) is 3. The van der Waals surface area contributed by atoms with E-state index in [-0.39, 0.29) is 40.7 Å². The largest absolute Gasteiger partial charge is 0.492 e. The molecule has 4 aromatic rings. The molecular weight excluding hydrogens is 580 g/mol. The Balaban J connectivity index is 1.29. The van der Waals surface area contributed by atoms with Crippen molar-refractivity contribution in [3.05, 3.63) is 88.7 Å². The van der Waals surface area contributed by atoms with E-state index in [1.165, 1.54) is 37.4 Å².